The predicted molar refractivity (Wildman–Crippen MR) is 183 cm³/mol. The molecule has 0 bridgehead atoms. The van der Waals surface area contributed by atoms with Gasteiger partial charge in [0.1, 0.15) is 12.6 Å². The van der Waals surface area contributed by atoms with Gasteiger partial charge in [0.05, 0.1) is 10.6 Å². The molecule has 9 heteroatoms. The molecule has 0 aromatic heterocycles. The lowest BCUT2D eigenvalue weighted by molar-refractivity contribution is -0.140. The lowest BCUT2D eigenvalue weighted by Crippen LogP contribution is -2.54. The molecule has 2 amide bonds. The first-order chi connectivity index (χ1) is 21.5. The average Bonchev–Trinajstić information content (AvgIpc) is 3.04. The minimum Gasteiger partial charge on any atom is -0.352 e. The first-order valence-corrected chi connectivity index (χ1v) is 17.3. The van der Waals surface area contributed by atoms with Crippen LogP contribution in [-0.2, 0) is 32.6 Å². The van der Waals surface area contributed by atoms with Gasteiger partial charge in [0.2, 0.25) is 11.8 Å². The molecular weight excluding hydrogens is 650 g/mol. The van der Waals surface area contributed by atoms with Gasteiger partial charge < -0.3 is 10.2 Å². The summed E-state index contributed by atoms with van der Waals surface area (Å²) in [5, 5.41) is 3.07. The number of nitrogens with one attached hydrogen (secondary N) is 1. The van der Waals surface area contributed by atoms with Crippen LogP contribution in [0.25, 0.3) is 0 Å². The molecule has 0 unspecified atom stereocenters. The summed E-state index contributed by atoms with van der Waals surface area (Å²) in [5.74, 6) is -0.776. The Balaban J connectivity index is 1.83. The number of halogens is 1. The van der Waals surface area contributed by atoms with Gasteiger partial charge in [0.15, 0.2) is 0 Å². The summed E-state index contributed by atoms with van der Waals surface area (Å²) in [7, 11) is -4.15. The van der Waals surface area contributed by atoms with E-state index in [1.807, 2.05) is 88.4 Å². The van der Waals surface area contributed by atoms with Crippen LogP contribution < -0.4 is 9.62 Å². The van der Waals surface area contributed by atoms with Crippen molar-refractivity contribution in [2.45, 2.75) is 64.1 Å². The molecular formula is C36H40BrN3O4S. The van der Waals surface area contributed by atoms with Crippen molar-refractivity contribution in [1.29, 1.82) is 0 Å². The number of hydrogen-bond donors (Lipinski definition) is 1. The van der Waals surface area contributed by atoms with Crippen molar-refractivity contribution < 1.29 is 18.0 Å². The zero-order valence-electron chi connectivity index (χ0n) is 26.1. The molecule has 0 fully saturated rings. The molecule has 4 aromatic carbocycles. The second kappa shape index (κ2) is 15.4. The second-order valence-electron chi connectivity index (χ2n) is 11.2. The van der Waals surface area contributed by atoms with Crippen LogP contribution in [-0.4, -0.2) is 43.8 Å². The first kappa shape index (κ1) is 33.9. The Morgan fingerprint density at radius 3 is 2.07 bits per heavy atom. The Kier molecular flexibility index (Phi) is 11.6. The van der Waals surface area contributed by atoms with E-state index >= 15 is 0 Å². The van der Waals surface area contributed by atoms with Crippen molar-refractivity contribution in [2.75, 3.05) is 10.8 Å². The third kappa shape index (κ3) is 8.61. The minimum absolute atomic E-state index is 0.0773. The van der Waals surface area contributed by atoms with Gasteiger partial charge in [-0.25, -0.2) is 8.42 Å². The molecule has 2 atom stereocenters. The molecule has 0 saturated heterocycles. The number of amides is 2. The summed E-state index contributed by atoms with van der Waals surface area (Å²) < 4.78 is 30.5. The molecule has 0 aliphatic rings. The Bertz CT molecular complexity index is 1700. The molecule has 0 aliphatic carbocycles. The van der Waals surface area contributed by atoms with Gasteiger partial charge >= 0.3 is 0 Å². The lowest BCUT2D eigenvalue weighted by atomic mass is 10.0. The average molecular weight is 691 g/mol. The fourth-order valence-electron chi connectivity index (χ4n) is 5.02. The summed E-state index contributed by atoms with van der Waals surface area (Å²) in [4.78, 5) is 30.1. The zero-order chi connectivity index (χ0) is 32.6. The fourth-order valence-corrected chi connectivity index (χ4v) is 6.78. The summed E-state index contributed by atoms with van der Waals surface area (Å²) in [6, 6.07) is 29.6. The molecule has 4 aromatic rings. The summed E-state index contributed by atoms with van der Waals surface area (Å²) in [5.41, 5.74) is 3.76. The van der Waals surface area contributed by atoms with Crippen LogP contribution in [0.1, 0.15) is 42.5 Å². The molecule has 1 N–H and O–H groups in total. The number of nitrogens with zero attached hydrogens (tertiary/aromatic N) is 2. The number of anilines is 1. The highest BCUT2D eigenvalue weighted by Crippen LogP contribution is 2.29. The highest BCUT2D eigenvalue weighted by atomic mass is 79.9. The number of hydrogen-bond acceptors (Lipinski definition) is 4. The Morgan fingerprint density at radius 2 is 1.44 bits per heavy atom. The molecule has 0 spiro atoms. The Morgan fingerprint density at radius 1 is 0.822 bits per heavy atom. The van der Waals surface area contributed by atoms with Crippen LogP contribution in [0.3, 0.4) is 0 Å². The van der Waals surface area contributed by atoms with Crippen LogP contribution in [0.15, 0.2) is 112 Å². The third-order valence-corrected chi connectivity index (χ3v) is 10.3. The van der Waals surface area contributed by atoms with E-state index in [0.29, 0.717) is 5.69 Å². The van der Waals surface area contributed by atoms with Crippen LogP contribution in [0.5, 0.6) is 0 Å². The maximum Gasteiger partial charge on any atom is 0.264 e. The number of benzene rings is 4. The van der Waals surface area contributed by atoms with Gasteiger partial charge in [-0.2, -0.15) is 0 Å². The van der Waals surface area contributed by atoms with Gasteiger partial charge in [-0.1, -0.05) is 95.7 Å². The van der Waals surface area contributed by atoms with E-state index in [4.69, 9.17) is 0 Å². The van der Waals surface area contributed by atoms with Crippen LogP contribution in [0.2, 0.25) is 0 Å². The molecule has 0 heterocycles. The van der Waals surface area contributed by atoms with Gasteiger partial charge in [0.25, 0.3) is 10.0 Å². The topological polar surface area (TPSA) is 86.8 Å². The second-order valence-corrected chi connectivity index (χ2v) is 14.0. The zero-order valence-corrected chi connectivity index (χ0v) is 28.5. The van der Waals surface area contributed by atoms with E-state index in [2.05, 4.69) is 21.2 Å². The maximum absolute atomic E-state index is 14.6. The van der Waals surface area contributed by atoms with E-state index < -0.39 is 28.5 Å². The van der Waals surface area contributed by atoms with E-state index in [1.165, 1.54) is 21.3 Å². The first-order valence-electron chi connectivity index (χ1n) is 15.0. The number of sulfonamides is 1. The van der Waals surface area contributed by atoms with Gasteiger partial charge in [-0.15, -0.1) is 0 Å². The Hall–Kier alpha value is -3.95. The highest BCUT2D eigenvalue weighted by molar-refractivity contribution is 9.10. The van der Waals surface area contributed by atoms with Crippen LogP contribution in [0, 0.1) is 13.8 Å². The number of aryl methyl sites for hydroxylation is 1. The normalized spacial score (nSPS) is 12.6. The predicted octanol–water partition coefficient (Wildman–Crippen LogP) is 6.82. The third-order valence-electron chi connectivity index (χ3n) is 7.99. The minimum atomic E-state index is -4.15. The van der Waals surface area contributed by atoms with Gasteiger partial charge in [-0.05, 0) is 79.8 Å². The smallest absolute Gasteiger partial charge is 0.264 e. The SMILES string of the molecule is CC[C@H](C)NC(=O)[C@@H](Cc1ccccc1)N(Cc1ccc(Br)cc1)C(=O)CN(c1cccc(C)c1C)S(=O)(=O)c1ccccc1. The summed E-state index contributed by atoms with van der Waals surface area (Å²) >= 11 is 3.47. The number of carbonyl (C=O) groups excluding carboxylic acids is 2. The fraction of sp³-hybridized carbons (Fsp3) is 0.278. The van der Waals surface area contributed by atoms with Gasteiger partial charge in [-0.3, -0.25) is 13.9 Å². The molecule has 0 aliphatic heterocycles. The lowest BCUT2D eigenvalue weighted by Gasteiger charge is -2.34. The summed E-state index contributed by atoms with van der Waals surface area (Å²) in [6.07, 6.45) is 0.987. The van der Waals surface area contributed by atoms with Crippen molar-refractivity contribution in [3.05, 3.63) is 130 Å². The van der Waals surface area contributed by atoms with Crippen LogP contribution >= 0.6 is 15.9 Å². The van der Waals surface area contributed by atoms with E-state index in [0.717, 1.165) is 33.1 Å². The van der Waals surface area contributed by atoms with E-state index in [-0.39, 0.29) is 29.8 Å². The quantitative estimate of drug-likeness (QED) is 0.167. The van der Waals surface area contributed by atoms with Crippen molar-refractivity contribution in [3.63, 3.8) is 0 Å². The molecule has 236 valence electrons. The molecule has 4 rings (SSSR count). The van der Waals surface area contributed by atoms with Crippen molar-refractivity contribution in [1.82, 2.24) is 10.2 Å². The molecule has 7 nitrogen and oxygen atoms in total. The maximum atomic E-state index is 14.6. The van der Waals surface area contributed by atoms with E-state index in [1.54, 1.807) is 30.3 Å². The molecule has 0 radical (unpaired) electrons. The van der Waals surface area contributed by atoms with Crippen LogP contribution in [0.4, 0.5) is 5.69 Å². The number of rotatable bonds is 13. The van der Waals surface area contributed by atoms with E-state index in [9.17, 15) is 18.0 Å². The Labute approximate surface area is 275 Å². The monoisotopic (exact) mass is 689 g/mol. The molecule has 45 heavy (non-hydrogen) atoms. The molecule has 0 saturated carbocycles. The highest BCUT2D eigenvalue weighted by Gasteiger charge is 2.35. The van der Waals surface area contributed by atoms with Crippen molar-refractivity contribution in [3.8, 4) is 0 Å². The summed E-state index contributed by atoms with van der Waals surface area (Å²) in [6.45, 7) is 7.29. The van der Waals surface area contributed by atoms with Crippen molar-refractivity contribution in [2.24, 2.45) is 0 Å². The standard InChI is InChI=1S/C36H40BrN3O4S/c1-5-27(3)38-36(42)34(23-29-14-8-6-9-15-29)39(24-30-19-21-31(37)22-20-30)35(41)25-40(33-18-12-13-26(2)28(33)4)45(43,44)32-16-10-7-11-17-32/h6-22,27,34H,5,23-25H2,1-4H3,(H,38,42)/t27-,34+/m0/s1. The number of carbonyl (C=O) groups is 2. The van der Waals surface area contributed by atoms with Gasteiger partial charge in [0, 0.05) is 23.5 Å². The van der Waals surface area contributed by atoms with Crippen molar-refractivity contribution >= 4 is 43.5 Å². The largest absolute Gasteiger partial charge is 0.352 e.